The second-order valence-corrected chi connectivity index (χ2v) is 6.84. The Kier molecular flexibility index (Phi) is 6.22. The van der Waals surface area contributed by atoms with Gasteiger partial charge in [-0.05, 0) is 45.6 Å². The van der Waals surface area contributed by atoms with Gasteiger partial charge in [-0.25, -0.2) is 0 Å². The number of hydrogen-bond donors (Lipinski definition) is 1. The van der Waals surface area contributed by atoms with Crippen molar-refractivity contribution in [3.05, 3.63) is 17.5 Å². The van der Waals surface area contributed by atoms with Crippen LogP contribution in [-0.4, -0.2) is 39.7 Å². The number of nitrogens with zero attached hydrogens (tertiary/aromatic N) is 3. The fourth-order valence-electron chi connectivity index (χ4n) is 3.40. The lowest BCUT2D eigenvalue weighted by Gasteiger charge is -2.35. The highest BCUT2D eigenvalue weighted by Gasteiger charge is 2.27. The second kappa shape index (κ2) is 7.95. The number of carbonyl (C=O) groups is 1. The van der Waals surface area contributed by atoms with Crippen LogP contribution < -0.4 is 5.32 Å². The van der Waals surface area contributed by atoms with Crippen molar-refractivity contribution in [3.63, 3.8) is 0 Å². The van der Waals surface area contributed by atoms with E-state index in [1.165, 1.54) is 5.69 Å². The molecule has 2 heterocycles. The highest BCUT2D eigenvalue weighted by atomic mass is 16.2. The minimum atomic E-state index is 0.204. The number of piperidine rings is 1. The van der Waals surface area contributed by atoms with E-state index < -0.39 is 0 Å². The molecule has 1 saturated heterocycles. The van der Waals surface area contributed by atoms with Crippen LogP contribution in [0.15, 0.2) is 6.07 Å². The fraction of sp³-hybridized carbons (Fsp3) is 0.778. The van der Waals surface area contributed by atoms with Crippen molar-refractivity contribution in [1.82, 2.24) is 20.0 Å². The maximum absolute atomic E-state index is 12.4. The average molecular weight is 320 g/mol. The summed E-state index contributed by atoms with van der Waals surface area (Å²) in [5, 5.41) is 8.23. The summed E-state index contributed by atoms with van der Waals surface area (Å²) in [6.45, 7) is 10.2. The molecule has 0 spiro atoms. The lowest BCUT2D eigenvalue weighted by Crippen LogP contribution is -2.47. The number of amides is 1. The van der Waals surface area contributed by atoms with Crippen LogP contribution in [0.2, 0.25) is 0 Å². The van der Waals surface area contributed by atoms with Gasteiger partial charge in [0.1, 0.15) is 0 Å². The predicted molar refractivity (Wildman–Crippen MR) is 93.2 cm³/mol. The molecule has 1 aliphatic rings. The number of nitrogens with one attached hydrogen (secondary N) is 1. The van der Waals surface area contributed by atoms with Gasteiger partial charge in [-0.2, -0.15) is 5.10 Å². The van der Waals surface area contributed by atoms with Gasteiger partial charge in [0, 0.05) is 43.8 Å². The van der Waals surface area contributed by atoms with Gasteiger partial charge in [-0.1, -0.05) is 13.8 Å². The van der Waals surface area contributed by atoms with Crippen LogP contribution in [0.5, 0.6) is 0 Å². The van der Waals surface area contributed by atoms with Crippen LogP contribution in [0.25, 0.3) is 0 Å². The van der Waals surface area contributed by atoms with E-state index in [0.717, 1.165) is 44.5 Å². The van der Waals surface area contributed by atoms with Gasteiger partial charge in [0.2, 0.25) is 5.91 Å². The highest BCUT2D eigenvalue weighted by Crippen LogP contribution is 2.20. The van der Waals surface area contributed by atoms with Crippen molar-refractivity contribution >= 4 is 5.91 Å². The molecule has 1 aliphatic heterocycles. The lowest BCUT2D eigenvalue weighted by atomic mass is 9.98. The monoisotopic (exact) mass is 320 g/mol. The number of aryl methyl sites for hydroxylation is 2. The van der Waals surface area contributed by atoms with Gasteiger partial charge in [-0.3, -0.25) is 9.48 Å². The molecule has 1 N–H and O–H groups in total. The van der Waals surface area contributed by atoms with E-state index in [1.54, 1.807) is 0 Å². The molecule has 5 heteroatoms. The summed E-state index contributed by atoms with van der Waals surface area (Å²) in [6, 6.07) is 2.86. The fourth-order valence-corrected chi connectivity index (χ4v) is 3.40. The van der Waals surface area contributed by atoms with Crippen LogP contribution >= 0.6 is 0 Å². The maximum Gasteiger partial charge on any atom is 0.225 e. The third-order valence-corrected chi connectivity index (χ3v) is 5.20. The Bertz CT molecular complexity index is 494. The standard InChI is InChI=1S/C18H32N4O/c1-6-15(7-2)18(23)22-10-8-16(9-11-22)19-14(4)17-12-13(3)21(5)20-17/h12,14-16,19H,6-11H2,1-5H3/t14-/m1/s1. The van der Waals surface area contributed by atoms with Gasteiger partial charge in [-0.15, -0.1) is 0 Å². The van der Waals surface area contributed by atoms with Gasteiger partial charge >= 0.3 is 0 Å². The summed E-state index contributed by atoms with van der Waals surface area (Å²) in [5.74, 6) is 0.553. The normalized spacial score (nSPS) is 17.7. The Balaban J connectivity index is 1.83. The highest BCUT2D eigenvalue weighted by molar-refractivity contribution is 5.78. The molecule has 0 unspecified atom stereocenters. The average Bonchev–Trinajstić information content (AvgIpc) is 2.88. The van der Waals surface area contributed by atoms with Crippen LogP contribution in [-0.2, 0) is 11.8 Å². The molecule has 5 nitrogen and oxygen atoms in total. The number of aromatic nitrogens is 2. The van der Waals surface area contributed by atoms with Crippen molar-refractivity contribution < 1.29 is 4.79 Å². The summed E-state index contributed by atoms with van der Waals surface area (Å²) in [7, 11) is 1.98. The van der Waals surface area contributed by atoms with E-state index in [4.69, 9.17) is 0 Å². The third kappa shape index (κ3) is 4.34. The molecule has 23 heavy (non-hydrogen) atoms. The first-order valence-electron chi connectivity index (χ1n) is 9.01. The molecule has 2 rings (SSSR count). The summed E-state index contributed by atoms with van der Waals surface area (Å²) in [4.78, 5) is 14.5. The van der Waals surface area contributed by atoms with Crippen molar-refractivity contribution in [1.29, 1.82) is 0 Å². The first-order chi connectivity index (χ1) is 11.0. The Labute approximate surface area is 140 Å². The summed E-state index contributed by atoms with van der Waals surface area (Å²) in [5.41, 5.74) is 2.28. The van der Waals surface area contributed by atoms with Crippen LogP contribution in [0.1, 0.15) is 63.9 Å². The summed E-state index contributed by atoms with van der Waals surface area (Å²) >= 11 is 0. The van der Waals surface area contributed by atoms with E-state index in [1.807, 2.05) is 11.7 Å². The zero-order valence-corrected chi connectivity index (χ0v) is 15.3. The van der Waals surface area contributed by atoms with Crippen LogP contribution in [0, 0.1) is 12.8 Å². The zero-order chi connectivity index (χ0) is 17.0. The first-order valence-corrected chi connectivity index (χ1v) is 9.01. The van der Waals surface area contributed by atoms with E-state index in [-0.39, 0.29) is 12.0 Å². The number of likely N-dealkylation sites (tertiary alicyclic amines) is 1. The minimum absolute atomic E-state index is 0.204. The topological polar surface area (TPSA) is 50.2 Å². The molecule has 0 aromatic carbocycles. The number of carbonyl (C=O) groups excluding carboxylic acids is 1. The maximum atomic E-state index is 12.4. The Morgan fingerprint density at radius 1 is 1.35 bits per heavy atom. The van der Waals surface area contributed by atoms with Crippen molar-refractivity contribution in [2.24, 2.45) is 13.0 Å². The molecule has 0 saturated carbocycles. The smallest absolute Gasteiger partial charge is 0.225 e. The Morgan fingerprint density at radius 3 is 2.43 bits per heavy atom. The molecule has 1 amide bonds. The van der Waals surface area contributed by atoms with Gasteiger partial charge in [0.05, 0.1) is 5.69 Å². The Morgan fingerprint density at radius 2 is 1.96 bits per heavy atom. The zero-order valence-electron chi connectivity index (χ0n) is 15.3. The largest absolute Gasteiger partial charge is 0.342 e. The Hall–Kier alpha value is -1.36. The van der Waals surface area contributed by atoms with Crippen LogP contribution in [0.4, 0.5) is 0 Å². The van der Waals surface area contributed by atoms with E-state index in [9.17, 15) is 4.79 Å². The first kappa shape index (κ1) is 18.0. The predicted octanol–water partition coefficient (Wildman–Crippen LogP) is 2.81. The summed E-state index contributed by atoms with van der Waals surface area (Å²) in [6.07, 6.45) is 3.96. The van der Waals surface area contributed by atoms with Crippen molar-refractivity contribution in [3.8, 4) is 0 Å². The molecule has 1 aromatic heterocycles. The SMILES string of the molecule is CCC(CC)C(=O)N1CCC(N[C@H](C)c2cc(C)n(C)n2)CC1. The molecular formula is C18H32N4O. The van der Waals surface area contributed by atoms with E-state index in [2.05, 4.69) is 49.1 Å². The van der Waals surface area contributed by atoms with Crippen LogP contribution in [0.3, 0.4) is 0 Å². The molecular weight excluding hydrogens is 288 g/mol. The van der Waals surface area contributed by atoms with Gasteiger partial charge < -0.3 is 10.2 Å². The van der Waals surface area contributed by atoms with E-state index in [0.29, 0.717) is 11.9 Å². The number of hydrogen-bond acceptors (Lipinski definition) is 3. The molecule has 0 bridgehead atoms. The molecule has 1 atom stereocenters. The minimum Gasteiger partial charge on any atom is -0.342 e. The van der Waals surface area contributed by atoms with Gasteiger partial charge in [0.15, 0.2) is 0 Å². The molecule has 0 radical (unpaired) electrons. The number of rotatable bonds is 6. The third-order valence-electron chi connectivity index (χ3n) is 5.20. The van der Waals surface area contributed by atoms with Crippen molar-refractivity contribution in [2.75, 3.05) is 13.1 Å². The second-order valence-electron chi connectivity index (χ2n) is 6.84. The van der Waals surface area contributed by atoms with Crippen molar-refractivity contribution in [2.45, 2.75) is 65.5 Å². The van der Waals surface area contributed by atoms with Gasteiger partial charge in [0.25, 0.3) is 0 Å². The molecule has 130 valence electrons. The quantitative estimate of drug-likeness (QED) is 0.877. The summed E-state index contributed by atoms with van der Waals surface area (Å²) < 4.78 is 1.92. The molecule has 0 aliphatic carbocycles. The molecule has 1 aromatic rings. The van der Waals surface area contributed by atoms with E-state index >= 15 is 0 Å². The lowest BCUT2D eigenvalue weighted by molar-refractivity contribution is -0.136. The molecule has 1 fully saturated rings.